The van der Waals surface area contributed by atoms with E-state index in [0.717, 1.165) is 36.1 Å². The third-order valence-electron chi connectivity index (χ3n) is 5.08. The molecule has 4 rings (SSSR count). The summed E-state index contributed by atoms with van der Waals surface area (Å²) >= 11 is 8.17. The van der Waals surface area contributed by atoms with Crippen LogP contribution in [0.25, 0.3) is 17.3 Å². The van der Waals surface area contributed by atoms with Gasteiger partial charge in [-0.05, 0) is 24.5 Å². The monoisotopic (exact) mass is 493 g/mol. The van der Waals surface area contributed by atoms with E-state index in [0.29, 0.717) is 27.3 Å². The van der Waals surface area contributed by atoms with Gasteiger partial charge in [0.05, 0.1) is 10.6 Å². The van der Waals surface area contributed by atoms with Crippen molar-refractivity contribution < 1.29 is 9.59 Å². The van der Waals surface area contributed by atoms with Crippen molar-refractivity contribution in [2.45, 2.75) is 25.7 Å². The maximum atomic E-state index is 12.7. The molecule has 0 radical (unpaired) electrons. The molecule has 168 valence electrons. The van der Waals surface area contributed by atoms with E-state index >= 15 is 0 Å². The Kier molecular flexibility index (Phi) is 8.04. The molecule has 1 N–H and O–H groups in total. The molecule has 1 fully saturated rings. The zero-order valence-electron chi connectivity index (χ0n) is 17.9. The topological polar surface area (TPSA) is 62.3 Å². The maximum absolute atomic E-state index is 12.7. The Balaban J connectivity index is 1.18. The van der Waals surface area contributed by atoms with Crippen LogP contribution in [0.2, 0.25) is 0 Å². The van der Waals surface area contributed by atoms with Crippen LogP contribution >= 0.6 is 35.3 Å². The molecule has 8 heteroatoms. The lowest BCUT2D eigenvalue weighted by Gasteiger charge is -2.14. The number of carbonyl (C=O) groups excluding carboxylic acids is 2. The molecule has 3 aromatic rings. The average molecular weight is 494 g/mol. The zero-order chi connectivity index (χ0) is 23.0. The lowest BCUT2D eigenvalue weighted by Crippen LogP contribution is -2.29. The summed E-state index contributed by atoms with van der Waals surface area (Å²) in [4.78, 5) is 31.7. The number of rotatable bonds is 9. The van der Waals surface area contributed by atoms with E-state index in [1.54, 1.807) is 4.90 Å². The Bertz CT molecular complexity index is 1160. The standard InChI is InChI=1S/C25H23N3O2S3/c29-22(27-24-26-20(17-32-24)19-12-6-2-7-13-19)14-8-3-9-15-28-23(30)21(33-25(28)31)16-18-10-4-1-5-11-18/h1-2,4-7,10-13,16-17H,3,8-9,14-15H2,(H,26,27,29)/b21-16-. The first-order valence-corrected chi connectivity index (χ1v) is 12.8. The summed E-state index contributed by atoms with van der Waals surface area (Å²) in [6, 6.07) is 19.7. The highest BCUT2D eigenvalue weighted by atomic mass is 32.2. The minimum atomic E-state index is -0.0413. The number of thiocarbonyl (C=S) groups is 1. The maximum Gasteiger partial charge on any atom is 0.266 e. The Morgan fingerprint density at radius 3 is 2.52 bits per heavy atom. The quantitative estimate of drug-likeness (QED) is 0.218. The van der Waals surface area contributed by atoms with E-state index in [-0.39, 0.29) is 11.8 Å². The molecule has 0 spiro atoms. The Hall–Kier alpha value is -2.81. The molecule has 0 atom stereocenters. The summed E-state index contributed by atoms with van der Waals surface area (Å²) in [6.45, 7) is 0.575. The van der Waals surface area contributed by atoms with Crippen molar-refractivity contribution in [3.8, 4) is 11.3 Å². The average Bonchev–Trinajstić information content (AvgIpc) is 3.39. The van der Waals surface area contributed by atoms with Crippen LogP contribution in [0.15, 0.2) is 70.9 Å². The molecular weight excluding hydrogens is 470 g/mol. The molecule has 0 aliphatic carbocycles. The molecule has 1 aliphatic heterocycles. The number of nitrogens with zero attached hydrogens (tertiary/aromatic N) is 2. The van der Waals surface area contributed by atoms with Crippen LogP contribution in [-0.2, 0) is 9.59 Å². The number of hydrogen-bond donors (Lipinski definition) is 1. The third-order valence-corrected chi connectivity index (χ3v) is 7.21. The van der Waals surface area contributed by atoms with Crippen molar-refractivity contribution in [1.82, 2.24) is 9.88 Å². The fourth-order valence-electron chi connectivity index (χ4n) is 3.38. The van der Waals surface area contributed by atoms with E-state index in [4.69, 9.17) is 12.2 Å². The van der Waals surface area contributed by atoms with Gasteiger partial charge in [-0.15, -0.1) is 11.3 Å². The van der Waals surface area contributed by atoms with Gasteiger partial charge in [0, 0.05) is 23.9 Å². The predicted octanol–water partition coefficient (Wildman–Crippen LogP) is 6.21. The predicted molar refractivity (Wildman–Crippen MR) is 141 cm³/mol. The number of amides is 2. The second-order valence-corrected chi connectivity index (χ2v) is 10.0. The molecule has 0 saturated carbocycles. The highest BCUT2D eigenvalue weighted by Gasteiger charge is 2.31. The summed E-state index contributed by atoms with van der Waals surface area (Å²) in [5.41, 5.74) is 2.88. The number of thiazole rings is 1. The molecule has 2 aromatic carbocycles. The summed E-state index contributed by atoms with van der Waals surface area (Å²) < 4.78 is 0.595. The smallest absolute Gasteiger partial charge is 0.266 e. The van der Waals surface area contributed by atoms with E-state index in [9.17, 15) is 9.59 Å². The summed E-state index contributed by atoms with van der Waals surface area (Å²) in [7, 11) is 0. The number of aromatic nitrogens is 1. The Labute approximate surface area is 206 Å². The lowest BCUT2D eigenvalue weighted by molar-refractivity contribution is -0.122. The minimum Gasteiger partial charge on any atom is -0.302 e. The molecule has 5 nitrogen and oxygen atoms in total. The first-order chi connectivity index (χ1) is 16.1. The van der Waals surface area contributed by atoms with Crippen molar-refractivity contribution in [2.24, 2.45) is 0 Å². The Morgan fingerprint density at radius 2 is 1.76 bits per heavy atom. The van der Waals surface area contributed by atoms with E-state index in [1.165, 1.54) is 23.1 Å². The fraction of sp³-hybridized carbons (Fsp3) is 0.200. The third kappa shape index (κ3) is 6.37. The number of carbonyl (C=O) groups is 2. The van der Waals surface area contributed by atoms with Crippen LogP contribution in [0.1, 0.15) is 31.2 Å². The van der Waals surface area contributed by atoms with Gasteiger partial charge < -0.3 is 5.32 Å². The molecule has 1 saturated heterocycles. The van der Waals surface area contributed by atoms with Gasteiger partial charge in [0.2, 0.25) is 5.91 Å². The number of thioether (sulfide) groups is 1. The molecule has 2 heterocycles. The van der Waals surface area contributed by atoms with Crippen LogP contribution in [0.5, 0.6) is 0 Å². The number of unbranched alkanes of at least 4 members (excludes halogenated alkanes) is 2. The van der Waals surface area contributed by atoms with E-state index in [1.807, 2.05) is 72.1 Å². The second-order valence-electron chi connectivity index (χ2n) is 7.51. The van der Waals surface area contributed by atoms with Crippen LogP contribution in [0, 0.1) is 0 Å². The first kappa shape index (κ1) is 23.4. The number of benzene rings is 2. The van der Waals surface area contributed by atoms with Crippen molar-refractivity contribution in [1.29, 1.82) is 0 Å². The van der Waals surface area contributed by atoms with Gasteiger partial charge in [-0.2, -0.15) is 0 Å². The van der Waals surface area contributed by atoms with Crippen molar-refractivity contribution in [3.63, 3.8) is 0 Å². The number of anilines is 1. The summed E-state index contributed by atoms with van der Waals surface area (Å²) in [6.07, 6.45) is 4.69. The SMILES string of the molecule is O=C(CCCCCN1C(=O)/C(=C/c2ccccc2)SC1=S)Nc1nc(-c2ccccc2)cs1. The van der Waals surface area contributed by atoms with E-state index < -0.39 is 0 Å². The highest BCUT2D eigenvalue weighted by Crippen LogP contribution is 2.32. The first-order valence-electron chi connectivity index (χ1n) is 10.7. The normalized spacial score (nSPS) is 14.8. The molecule has 33 heavy (non-hydrogen) atoms. The van der Waals surface area contributed by atoms with Gasteiger partial charge in [0.1, 0.15) is 4.32 Å². The van der Waals surface area contributed by atoms with Crippen molar-refractivity contribution in [3.05, 3.63) is 76.5 Å². The minimum absolute atomic E-state index is 0.0374. The molecule has 1 aromatic heterocycles. The molecule has 0 bridgehead atoms. The summed E-state index contributed by atoms with van der Waals surface area (Å²) in [5.74, 6) is -0.0787. The molecule has 0 unspecified atom stereocenters. The van der Waals surface area contributed by atoms with Crippen molar-refractivity contribution in [2.75, 3.05) is 11.9 Å². The zero-order valence-corrected chi connectivity index (χ0v) is 20.3. The second kappa shape index (κ2) is 11.4. The molecule has 2 amide bonds. The van der Waals surface area contributed by atoms with Gasteiger partial charge in [-0.25, -0.2) is 4.98 Å². The van der Waals surface area contributed by atoms with Gasteiger partial charge in [0.25, 0.3) is 5.91 Å². The lowest BCUT2D eigenvalue weighted by atomic mass is 10.1. The summed E-state index contributed by atoms with van der Waals surface area (Å²) in [5, 5.41) is 5.44. The molecule has 1 aliphatic rings. The van der Waals surface area contributed by atoms with Crippen LogP contribution in [0.4, 0.5) is 5.13 Å². The largest absolute Gasteiger partial charge is 0.302 e. The van der Waals surface area contributed by atoms with Gasteiger partial charge in [0.15, 0.2) is 5.13 Å². The highest BCUT2D eigenvalue weighted by molar-refractivity contribution is 8.26. The van der Waals surface area contributed by atoms with Crippen molar-refractivity contribution >= 4 is 62.7 Å². The van der Waals surface area contributed by atoms with Gasteiger partial charge in [-0.1, -0.05) is 91.1 Å². The molecular formula is C25H23N3O2S3. The Morgan fingerprint density at radius 1 is 1.03 bits per heavy atom. The fourth-order valence-corrected chi connectivity index (χ4v) is 5.42. The van der Waals surface area contributed by atoms with Gasteiger partial charge >= 0.3 is 0 Å². The van der Waals surface area contributed by atoms with Crippen LogP contribution < -0.4 is 5.32 Å². The number of hydrogen-bond acceptors (Lipinski definition) is 6. The van der Waals surface area contributed by atoms with Crippen LogP contribution in [0.3, 0.4) is 0 Å². The van der Waals surface area contributed by atoms with Crippen LogP contribution in [-0.4, -0.2) is 32.6 Å². The number of nitrogens with one attached hydrogen (secondary N) is 1. The van der Waals surface area contributed by atoms with E-state index in [2.05, 4.69) is 10.3 Å². The van der Waals surface area contributed by atoms with Gasteiger partial charge in [-0.3, -0.25) is 14.5 Å².